The minimum atomic E-state index is -0.300. The second-order valence-electron chi connectivity index (χ2n) is 4.69. The van der Waals surface area contributed by atoms with Crippen molar-refractivity contribution in [2.75, 3.05) is 19.5 Å². The number of anilines is 1. The molecule has 122 valence electrons. The lowest BCUT2D eigenvalue weighted by Crippen LogP contribution is -2.12. The minimum absolute atomic E-state index is 0.300. The smallest absolute Gasteiger partial charge is 0.275 e. The van der Waals surface area contributed by atoms with Gasteiger partial charge in [-0.15, -0.1) is 11.3 Å². The number of hydrogen-bond acceptors (Lipinski definition) is 7. The fraction of sp³-hybridized carbons (Fsp3) is 0.125. The molecule has 7 nitrogen and oxygen atoms in total. The molecule has 2 aromatic heterocycles. The third-order valence-electron chi connectivity index (χ3n) is 3.21. The van der Waals surface area contributed by atoms with E-state index in [1.165, 1.54) is 23.7 Å². The van der Waals surface area contributed by atoms with Crippen LogP contribution in [-0.2, 0) is 0 Å². The van der Waals surface area contributed by atoms with E-state index in [1.54, 1.807) is 31.7 Å². The van der Waals surface area contributed by atoms with Crippen LogP contribution >= 0.6 is 11.3 Å². The molecule has 0 unspecified atom stereocenters. The molecule has 1 N–H and O–H groups in total. The minimum Gasteiger partial charge on any atom is -0.493 e. The first-order chi connectivity index (χ1) is 11.7. The third-order valence-corrected chi connectivity index (χ3v) is 4.10. The molecule has 0 spiro atoms. The number of hydrogen-bond donors (Lipinski definition) is 1. The van der Waals surface area contributed by atoms with Crippen molar-refractivity contribution in [1.29, 1.82) is 0 Å². The summed E-state index contributed by atoms with van der Waals surface area (Å²) in [5.74, 6) is 0.950. The second-order valence-corrected chi connectivity index (χ2v) is 5.55. The Morgan fingerprint density at radius 2 is 1.96 bits per heavy atom. The molecule has 0 aliphatic heterocycles. The predicted molar refractivity (Wildman–Crippen MR) is 90.6 cm³/mol. The van der Waals surface area contributed by atoms with E-state index in [1.807, 2.05) is 12.1 Å². The van der Waals surface area contributed by atoms with Gasteiger partial charge in [-0.3, -0.25) is 4.79 Å². The van der Waals surface area contributed by atoms with Crippen LogP contribution in [-0.4, -0.2) is 35.3 Å². The lowest BCUT2D eigenvalue weighted by Gasteiger charge is -2.08. The van der Waals surface area contributed by atoms with Crippen molar-refractivity contribution >= 4 is 22.9 Å². The van der Waals surface area contributed by atoms with E-state index in [4.69, 9.17) is 9.47 Å². The van der Waals surface area contributed by atoms with E-state index in [-0.39, 0.29) is 5.91 Å². The maximum atomic E-state index is 12.2. The lowest BCUT2D eigenvalue weighted by molar-refractivity contribution is 0.102. The van der Waals surface area contributed by atoms with E-state index in [9.17, 15) is 4.79 Å². The average Bonchev–Trinajstić information content (AvgIpc) is 3.12. The zero-order chi connectivity index (χ0) is 16.9. The van der Waals surface area contributed by atoms with E-state index in [2.05, 4.69) is 20.5 Å². The molecular formula is C16H14N4O3S. The van der Waals surface area contributed by atoms with Crippen molar-refractivity contribution in [2.45, 2.75) is 0 Å². The quantitative estimate of drug-likeness (QED) is 0.767. The molecule has 0 saturated carbocycles. The van der Waals surface area contributed by atoms with Gasteiger partial charge in [-0.2, -0.15) is 10.2 Å². The van der Waals surface area contributed by atoms with Crippen LogP contribution in [0.25, 0.3) is 10.6 Å². The van der Waals surface area contributed by atoms with Crippen molar-refractivity contribution in [3.05, 3.63) is 47.7 Å². The highest BCUT2D eigenvalue weighted by molar-refractivity contribution is 7.13. The predicted octanol–water partition coefficient (Wildman–Crippen LogP) is 2.87. The highest BCUT2D eigenvalue weighted by Crippen LogP contribution is 2.33. The number of amides is 1. The number of carbonyl (C=O) groups is 1. The highest BCUT2D eigenvalue weighted by atomic mass is 32.1. The van der Waals surface area contributed by atoms with Crippen LogP contribution in [0.15, 0.2) is 42.0 Å². The SMILES string of the molecule is COc1ccc(-c2nc(C(=O)Nc3ccnnc3)cs2)cc1OC. The standard InChI is InChI=1S/C16H14N4O3S/c1-22-13-4-3-10(7-14(13)23-2)16-20-12(9-24-16)15(21)19-11-5-6-17-18-8-11/h3-9H,1-2H3,(H,17,19,21). The fourth-order valence-electron chi connectivity index (χ4n) is 2.04. The molecule has 3 aromatic rings. The molecule has 0 bridgehead atoms. The van der Waals surface area contributed by atoms with Gasteiger partial charge in [0.15, 0.2) is 11.5 Å². The summed E-state index contributed by atoms with van der Waals surface area (Å²) in [4.78, 5) is 16.6. The van der Waals surface area contributed by atoms with Crippen LogP contribution in [0, 0.1) is 0 Å². The van der Waals surface area contributed by atoms with Crippen LogP contribution in [0.2, 0.25) is 0 Å². The molecular weight excluding hydrogens is 328 g/mol. The Morgan fingerprint density at radius 3 is 2.67 bits per heavy atom. The van der Waals surface area contributed by atoms with Gasteiger partial charge in [-0.05, 0) is 24.3 Å². The van der Waals surface area contributed by atoms with Gasteiger partial charge in [0.1, 0.15) is 10.7 Å². The Hall–Kier alpha value is -3.00. The summed E-state index contributed by atoms with van der Waals surface area (Å²) in [6.45, 7) is 0. The van der Waals surface area contributed by atoms with Gasteiger partial charge in [-0.25, -0.2) is 4.98 Å². The number of ether oxygens (including phenoxy) is 2. The number of rotatable bonds is 5. The van der Waals surface area contributed by atoms with Gasteiger partial charge < -0.3 is 14.8 Å². The lowest BCUT2D eigenvalue weighted by atomic mass is 10.2. The maximum absolute atomic E-state index is 12.2. The summed E-state index contributed by atoms with van der Waals surface area (Å²) < 4.78 is 10.5. The largest absolute Gasteiger partial charge is 0.493 e. The molecule has 3 rings (SSSR count). The highest BCUT2D eigenvalue weighted by Gasteiger charge is 2.14. The Morgan fingerprint density at radius 1 is 1.12 bits per heavy atom. The van der Waals surface area contributed by atoms with Gasteiger partial charge in [0.05, 0.1) is 32.3 Å². The van der Waals surface area contributed by atoms with E-state index < -0.39 is 0 Å². The molecule has 0 atom stereocenters. The number of carbonyl (C=O) groups excluding carboxylic acids is 1. The summed E-state index contributed by atoms with van der Waals surface area (Å²) in [6.07, 6.45) is 2.98. The number of aromatic nitrogens is 3. The van der Waals surface area contributed by atoms with Gasteiger partial charge in [0.25, 0.3) is 5.91 Å². The van der Waals surface area contributed by atoms with E-state index in [0.29, 0.717) is 27.9 Å². The number of methoxy groups -OCH3 is 2. The normalized spacial score (nSPS) is 10.2. The Kier molecular flexibility index (Phi) is 4.66. The summed E-state index contributed by atoms with van der Waals surface area (Å²) in [5.41, 5.74) is 1.75. The Bertz CT molecular complexity index is 852. The summed E-state index contributed by atoms with van der Waals surface area (Å²) >= 11 is 1.38. The summed E-state index contributed by atoms with van der Waals surface area (Å²) in [5, 5.41) is 12.5. The first kappa shape index (κ1) is 15.9. The van der Waals surface area contributed by atoms with E-state index >= 15 is 0 Å². The molecule has 1 amide bonds. The Balaban J connectivity index is 1.81. The van der Waals surface area contributed by atoms with Crippen LogP contribution in [0.4, 0.5) is 5.69 Å². The monoisotopic (exact) mass is 342 g/mol. The number of thiazole rings is 1. The average molecular weight is 342 g/mol. The van der Waals surface area contributed by atoms with Gasteiger partial charge in [0, 0.05) is 10.9 Å². The maximum Gasteiger partial charge on any atom is 0.275 e. The van der Waals surface area contributed by atoms with Gasteiger partial charge in [-0.1, -0.05) is 0 Å². The number of nitrogens with zero attached hydrogens (tertiary/aromatic N) is 3. The summed E-state index contributed by atoms with van der Waals surface area (Å²) in [6, 6.07) is 7.16. The molecule has 1 aromatic carbocycles. The van der Waals surface area contributed by atoms with Gasteiger partial charge in [0.2, 0.25) is 0 Å². The van der Waals surface area contributed by atoms with Gasteiger partial charge >= 0.3 is 0 Å². The molecule has 0 aliphatic carbocycles. The zero-order valence-corrected chi connectivity index (χ0v) is 13.8. The van der Waals surface area contributed by atoms with Crippen molar-refractivity contribution in [2.24, 2.45) is 0 Å². The molecule has 0 fully saturated rings. The fourth-order valence-corrected chi connectivity index (χ4v) is 2.84. The van der Waals surface area contributed by atoms with Crippen LogP contribution in [0.3, 0.4) is 0 Å². The molecule has 0 radical (unpaired) electrons. The van der Waals surface area contributed by atoms with Crippen molar-refractivity contribution < 1.29 is 14.3 Å². The van der Waals surface area contributed by atoms with Crippen molar-refractivity contribution in [1.82, 2.24) is 15.2 Å². The van der Waals surface area contributed by atoms with Crippen LogP contribution < -0.4 is 14.8 Å². The van der Waals surface area contributed by atoms with E-state index in [0.717, 1.165) is 5.56 Å². The molecule has 0 saturated heterocycles. The molecule has 0 aliphatic rings. The Labute approximate surface area is 142 Å². The van der Waals surface area contributed by atoms with Crippen molar-refractivity contribution in [3.63, 3.8) is 0 Å². The molecule has 2 heterocycles. The van der Waals surface area contributed by atoms with Crippen LogP contribution in [0.5, 0.6) is 11.5 Å². The second kappa shape index (κ2) is 7.05. The zero-order valence-electron chi connectivity index (χ0n) is 13.0. The first-order valence-electron chi connectivity index (χ1n) is 6.97. The first-order valence-corrected chi connectivity index (χ1v) is 7.85. The summed E-state index contributed by atoms with van der Waals surface area (Å²) in [7, 11) is 3.16. The topological polar surface area (TPSA) is 86.2 Å². The molecule has 24 heavy (non-hydrogen) atoms. The molecule has 8 heteroatoms. The third kappa shape index (κ3) is 3.33. The number of benzene rings is 1. The van der Waals surface area contributed by atoms with Crippen molar-refractivity contribution in [3.8, 4) is 22.1 Å². The van der Waals surface area contributed by atoms with Crippen LogP contribution in [0.1, 0.15) is 10.5 Å². The number of nitrogens with one attached hydrogen (secondary N) is 1.